The number of ketones is 1. The molecule has 1 aliphatic carbocycles. The van der Waals surface area contributed by atoms with E-state index in [1.54, 1.807) is 6.07 Å². The van der Waals surface area contributed by atoms with Crippen molar-refractivity contribution in [2.24, 2.45) is 0 Å². The molecule has 0 spiro atoms. The molecule has 0 aromatic heterocycles. The Morgan fingerprint density at radius 2 is 1.79 bits per heavy atom. The average Bonchev–Trinajstić information content (AvgIpc) is 2.61. The number of nitrogens with two attached hydrogens (primary N) is 1. The number of benzene rings is 2. The van der Waals surface area contributed by atoms with E-state index in [9.17, 15) is 9.18 Å². The molecule has 0 aliphatic heterocycles. The van der Waals surface area contributed by atoms with E-state index in [0.29, 0.717) is 17.7 Å². The van der Waals surface area contributed by atoms with Crippen LogP contribution in [-0.4, -0.2) is 11.5 Å². The maximum atomic E-state index is 14.7. The number of rotatable bonds is 3. The predicted molar refractivity (Wildman–Crippen MR) is 98.9 cm³/mol. The number of hydrogen-bond acceptors (Lipinski definition) is 2. The van der Waals surface area contributed by atoms with Gasteiger partial charge in [0.2, 0.25) is 5.78 Å². The van der Waals surface area contributed by atoms with E-state index in [1.165, 1.54) is 6.08 Å². The number of allylic oxidation sites excluding steroid dienone is 1. The smallest absolute Gasteiger partial charge is 0.200 e. The fraction of sp³-hybridized carbons (Fsp3) is 0.286. The first-order valence-corrected chi connectivity index (χ1v) is 8.37. The van der Waals surface area contributed by atoms with Crippen LogP contribution >= 0.6 is 0 Å². The lowest BCUT2D eigenvalue weighted by Crippen LogP contribution is -2.38. The highest BCUT2D eigenvalue weighted by Gasteiger charge is 2.41. The van der Waals surface area contributed by atoms with Gasteiger partial charge in [-0.1, -0.05) is 50.3 Å². The molecule has 0 heterocycles. The molecule has 0 bridgehead atoms. The molecule has 126 valence electrons. The van der Waals surface area contributed by atoms with Crippen LogP contribution in [0.2, 0.25) is 0 Å². The maximum absolute atomic E-state index is 14.7. The predicted octanol–water partition coefficient (Wildman–Crippen LogP) is 5.38. The van der Waals surface area contributed by atoms with Crippen LogP contribution in [0.15, 0.2) is 55.1 Å². The van der Waals surface area contributed by atoms with Gasteiger partial charge in [0.05, 0.1) is 0 Å². The molecule has 0 amide bonds. The van der Waals surface area contributed by atoms with Gasteiger partial charge in [-0.25, -0.2) is 4.39 Å². The van der Waals surface area contributed by atoms with Gasteiger partial charge in [-0.2, -0.15) is 0 Å². The number of carbonyl (C=O) groups is 1. The number of anilines is 1. The molecule has 2 N–H and O–H groups in total. The summed E-state index contributed by atoms with van der Waals surface area (Å²) in [6.45, 7) is 7.55. The normalized spacial score (nSPS) is 19.0. The lowest BCUT2D eigenvalue weighted by atomic mass is 9.78. The molecule has 0 fully saturated rings. The third-order valence-electron chi connectivity index (χ3n) is 4.26. The van der Waals surface area contributed by atoms with Crippen LogP contribution in [0, 0.1) is 0 Å². The Kier molecular flexibility index (Phi) is 5.55. The summed E-state index contributed by atoms with van der Waals surface area (Å²) in [5.41, 5.74) is 8.07. The third kappa shape index (κ3) is 3.40. The summed E-state index contributed by atoms with van der Waals surface area (Å²) in [6, 6.07) is 13.2. The number of nitrogen functional groups attached to an aromatic ring is 1. The largest absolute Gasteiger partial charge is 0.399 e. The second-order valence-corrected chi connectivity index (χ2v) is 5.78. The zero-order chi connectivity index (χ0) is 17.7. The molecular formula is C21H24FNO. The van der Waals surface area contributed by atoms with Crippen LogP contribution < -0.4 is 5.73 Å². The van der Waals surface area contributed by atoms with Crippen molar-refractivity contribution in [1.29, 1.82) is 0 Å². The van der Waals surface area contributed by atoms with Gasteiger partial charge >= 0.3 is 0 Å². The van der Waals surface area contributed by atoms with Crippen LogP contribution in [0.25, 0.3) is 11.1 Å². The van der Waals surface area contributed by atoms with E-state index in [1.807, 2.05) is 50.2 Å². The summed E-state index contributed by atoms with van der Waals surface area (Å²) in [7, 11) is 0. The van der Waals surface area contributed by atoms with Gasteiger partial charge in [0.15, 0.2) is 5.67 Å². The molecule has 1 atom stereocenters. The van der Waals surface area contributed by atoms with Gasteiger partial charge in [0, 0.05) is 17.7 Å². The minimum Gasteiger partial charge on any atom is -0.399 e. The Balaban J connectivity index is 0.00000100. The number of aryl methyl sites for hydroxylation is 1. The van der Waals surface area contributed by atoms with Gasteiger partial charge in [0.1, 0.15) is 0 Å². The van der Waals surface area contributed by atoms with Gasteiger partial charge in [0.25, 0.3) is 0 Å². The molecule has 1 aliphatic rings. The molecule has 0 saturated carbocycles. The number of hydrogen-bond donors (Lipinski definition) is 1. The SMILES string of the molecule is C=CCC1(F)CCc2cc(-c3ccc(N)cc3)ccc2C1=O.CC. The lowest BCUT2D eigenvalue weighted by molar-refractivity contribution is 0.0644. The van der Waals surface area contributed by atoms with Crippen molar-refractivity contribution < 1.29 is 9.18 Å². The van der Waals surface area contributed by atoms with E-state index in [0.717, 1.165) is 16.7 Å². The summed E-state index contributed by atoms with van der Waals surface area (Å²) in [4.78, 5) is 12.4. The summed E-state index contributed by atoms with van der Waals surface area (Å²) in [5, 5.41) is 0. The van der Waals surface area contributed by atoms with Crippen molar-refractivity contribution in [3.63, 3.8) is 0 Å². The molecule has 2 aromatic carbocycles. The molecule has 2 nitrogen and oxygen atoms in total. The quantitative estimate of drug-likeness (QED) is 0.608. The van der Waals surface area contributed by atoms with Gasteiger partial charge < -0.3 is 5.73 Å². The van der Waals surface area contributed by atoms with Crippen molar-refractivity contribution in [2.45, 2.75) is 38.8 Å². The highest BCUT2D eigenvalue weighted by atomic mass is 19.1. The summed E-state index contributed by atoms with van der Waals surface area (Å²) in [6.07, 6.45) is 2.33. The second kappa shape index (κ2) is 7.43. The van der Waals surface area contributed by atoms with Crippen LogP contribution in [-0.2, 0) is 6.42 Å². The lowest BCUT2D eigenvalue weighted by Gasteiger charge is -2.29. The maximum Gasteiger partial charge on any atom is 0.200 e. The first kappa shape index (κ1) is 17.9. The van der Waals surface area contributed by atoms with Crippen molar-refractivity contribution >= 4 is 11.5 Å². The number of Topliss-reactive ketones (excluding diaryl/α,β-unsaturated/α-hetero) is 1. The molecular weight excluding hydrogens is 301 g/mol. The van der Waals surface area contributed by atoms with Crippen molar-refractivity contribution in [2.75, 3.05) is 5.73 Å². The van der Waals surface area contributed by atoms with E-state index in [-0.39, 0.29) is 12.8 Å². The number of halogens is 1. The molecule has 0 radical (unpaired) electrons. The Morgan fingerprint density at radius 1 is 1.17 bits per heavy atom. The van der Waals surface area contributed by atoms with Crippen LogP contribution in [0.1, 0.15) is 42.6 Å². The molecule has 3 heteroatoms. The summed E-state index contributed by atoms with van der Waals surface area (Å²) < 4.78 is 14.7. The highest BCUT2D eigenvalue weighted by molar-refractivity contribution is 6.05. The van der Waals surface area contributed by atoms with Crippen molar-refractivity contribution in [3.05, 3.63) is 66.2 Å². The first-order chi connectivity index (χ1) is 11.5. The first-order valence-electron chi connectivity index (χ1n) is 8.37. The van der Waals surface area contributed by atoms with E-state index in [2.05, 4.69) is 6.58 Å². The van der Waals surface area contributed by atoms with Crippen LogP contribution in [0.4, 0.5) is 10.1 Å². The minimum absolute atomic E-state index is 0.0744. The van der Waals surface area contributed by atoms with Gasteiger partial charge in [-0.15, -0.1) is 6.58 Å². The van der Waals surface area contributed by atoms with Crippen LogP contribution in [0.3, 0.4) is 0 Å². The number of carbonyl (C=O) groups excluding carboxylic acids is 1. The topological polar surface area (TPSA) is 43.1 Å². The number of alkyl halides is 1. The Morgan fingerprint density at radius 3 is 2.42 bits per heavy atom. The Labute approximate surface area is 143 Å². The zero-order valence-electron chi connectivity index (χ0n) is 14.3. The molecule has 2 aromatic rings. The number of fused-ring (bicyclic) bond motifs is 1. The minimum atomic E-state index is -1.79. The van der Waals surface area contributed by atoms with E-state index in [4.69, 9.17) is 5.73 Å². The monoisotopic (exact) mass is 325 g/mol. The second-order valence-electron chi connectivity index (χ2n) is 5.78. The van der Waals surface area contributed by atoms with Crippen LogP contribution in [0.5, 0.6) is 0 Å². The summed E-state index contributed by atoms with van der Waals surface area (Å²) in [5.74, 6) is -0.419. The third-order valence-corrected chi connectivity index (χ3v) is 4.26. The zero-order valence-corrected chi connectivity index (χ0v) is 14.3. The fourth-order valence-corrected chi connectivity index (χ4v) is 2.99. The highest BCUT2D eigenvalue weighted by Crippen LogP contribution is 2.36. The average molecular weight is 325 g/mol. The van der Waals surface area contributed by atoms with E-state index < -0.39 is 11.5 Å². The Hall–Kier alpha value is -2.42. The molecule has 1 unspecified atom stereocenters. The molecule has 0 saturated heterocycles. The summed E-state index contributed by atoms with van der Waals surface area (Å²) >= 11 is 0. The standard InChI is InChI=1S/C19H18FNO.C2H6/c1-2-10-19(20)11-9-15-12-14(5-8-17(15)18(19)22)13-3-6-16(21)7-4-13;1-2/h2-8,12H,1,9-11,21H2;1-2H3. The molecule has 24 heavy (non-hydrogen) atoms. The Bertz CT molecular complexity index is 736. The van der Waals surface area contributed by atoms with Gasteiger partial charge in [-0.05, 0) is 41.7 Å². The van der Waals surface area contributed by atoms with Crippen molar-refractivity contribution in [3.8, 4) is 11.1 Å². The fourth-order valence-electron chi connectivity index (χ4n) is 2.99. The van der Waals surface area contributed by atoms with E-state index >= 15 is 0 Å². The van der Waals surface area contributed by atoms with Gasteiger partial charge in [-0.3, -0.25) is 4.79 Å². The van der Waals surface area contributed by atoms with Crippen molar-refractivity contribution in [1.82, 2.24) is 0 Å². The molecule has 3 rings (SSSR count).